The number of primary amides is 1. The monoisotopic (exact) mass is 278 g/mol. The molecule has 0 fully saturated rings. The number of halogens is 3. The molecule has 0 aliphatic rings. The summed E-state index contributed by atoms with van der Waals surface area (Å²) in [5, 5.41) is 2.08. The standard InChI is InChI=1S/C11H13F3N2O3/c1-18-2-3-19-9-5-7(11(12,13)14)4-8(6-9)16-10(15)17/h4-6H,2-3H2,1H3,(H3,15,16,17). The maximum Gasteiger partial charge on any atom is 0.416 e. The van der Waals surface area contributed by atoms with Crippen molar-refractivity contribution in [2.24, 2.45) is 5.73 Å². The van der Waals surface area contributed by atoms with E-state index in [4.69, 9.17) is 15.2 Å². The minimum atomic E-state index is -4.55. The van der Waals surface area contributed by atoms with Crippen molar-refractivity contribution in [3.8, 4) is 5.75 Å². The molecule has 0 aliphatic carbocycles. The molecule has 0 bridgehead atoms. The van der Waals surface area contributed by atoms with Gasteiger partial charge >= 0.3 is 12.2 Å². The van der Waals surface area contributed by atoms with Crippen molar-refractivity contribution in [1.82, 2.24) is 0 Å². The third-order valence-corrected chi connectivity index (χ3v) is 2.06. The molecule has 1 aromatic carbocycles. The highest BCUT2D eigenvalue weighted by Gasteiger charge is 2.31. The van der Waals surface area contributed by atoms with Crippen LogP contribution in [0.2, 0.25) is 0 Å². The third-order valence-electron chi connectivity index (χ3n) is 2.06. The first-order valence-electron chi connectivity index (χ1n) is 5.23. The lowest BCUT2D eigenvalue weighted by atomic mass is 10.2. The number of methoxy groups -OCH3 is 1. The summed E-state index contributed by atoms with van der Waals surface area (Å²) in [5.41, 5.74) is 3.84. The van der Waals surface area contributed by atoms with Crippen molar-refractivity contribution in [3.63, 3.8) is 0 Å². The van der Waals surface area contributed by atoms with Crippen molar-refractivity contribution in [3.05, 3.63) is 23.8 Å². The first-order valence-corrected chi connectivity index (χ1v) is 5.23. The van der Waals surface area contributed by atoms with Crippen LogP contribution >= 0.6 is 0 Å². The Hall–Kier alpha value is -1.96. The quantitative estimate of drug-likeness (QED) is 0.811. The number of nitrogens with two attached hydrogens (primary N) is 1. The zero-order valence-corrected chi connectivity index (χ0v) is 10.1. The van der Waals surface area contributed by atoms with E-state index in [1.807, 2.05) is 0 Å². The first-order chi connectivity index (χ1) is 8.82. The van der Waals surface area contributed by atoms with Crippen LogP contribution in [0.1, 0.15) is 5.56 Å². The fourth-order valence-electron chi connectivity index (χ4n) is 1.30. The normalized spacial score (nSPS) is 11.2. The van der Waals surface area contributed by atoms with Crippen LogP contribution in [-0.4, -0.2) is 26.4 Å². The number of amides is 2. The van der Waals surface area contributed by atoms with Gasteiger partial charge in [-0.1, -0.05) is 0 Å². The van der Waals surface area contributed by atoms with Gasteiger partial charge in [-0.25, -0.2) is 4.79 Å². The van der Waals surface area contributed by atoms with Crippen molar-refractivity contribution >= 4 is 11.7 Å². The Kier molecular flexibility index (Phi) is 4.99. The van der Waals surface area contributed by atoms with E-state index in [-0.39, 0.29) is 24.7 Å². The summed E-state index contributed by atoms with van der Waals surface area (Å²) in [6.07, 6.45) is -4.55. The molecular formula is C11H13F3N2O3. The molecular weight excluding hydrogens is 265 g/mol. The molecule has 19 heavy (non-hydrogen) atoms. The van der Waals surface area contributed by atoms with Crippen LogP contribution in [-0.2, 0) is 10.9 Å². The minimum Gasteiger partial charge on any atom is -0.491 e. The Morgan fingerprint density at radius 3 is 2.53 bits per heavy atom. The van der Waals surface area contributed by atoms with Gasteiger partial charge in [0.15, 0.2) is 0 Å². The summed E-state index contributed by atoms with van der Waals surface area (Å²) in [6, 6.07) is 1.90. The number of ether oxygens (including phenoxy) is 2. The van der Waals surface area contributed by atoms with E-state index < -0.39 is 17.8 Å². The Labute approximate surface area is 107 Å². The van der Waals surface area contributed by atoms with E-state index in [9.17, 15) is 18.0 Å². The van der Waals surface area contributed by atoms with E-state index in [1.165, 1.54) is 13.2 Å². The van der Waals surface area contributed by atoms with Gasteiger partial charge < -0.3 is 20.5 Å². The number of hydrogen-bond acceptors (Lipinski definition) is 3. The van der Waals surface area contributed by atoms with Gasteiger partial charge in [-0.15, -0.1) is 0 Å². The lowest BCUT2D eigenvalue weighted by Crippen LogP contribution is -2.20. The fraction of sp³-hybridized carbons (Fsp3) is 0.364. The second-order valence-electron chi connectivity index (χ2n) is 3.57. The topological polar surface area (TPSA) is 73.6 Å². The molecule has 1 rings (SSSR count). The van der Waals surface area contributed by atoms with E-state index in [2.05, 4.69) is 5.32 Å². The number of benzene rings is 1. The minimum absolute atomic E-state index is 0.0318. The van der Waals surface area contributed by atoms with Gasteiger partial charge in [0, 0.05) is 18.9 Å². The highest BCUT2D eigenvalue weighted by atomic mass is 19.4. The maximum absolute atomic E-state index is 12.6. The van der Waals surface area contributed by atoms with Crippen molar-refractivity contribution in [1.29, 1.82) is 0 Å². The molecule has 0 unspecified atom stereocenters. The Morgan fingerprint density at radius 1 is 1.32 bits per heavy atom. The van der Waals surface area contributed by atoms with Crippen LogP contribution in [0.3, 0.4) is 0 Å². The number of rotatable bonds is 5. The van der Waals surface area contributed by atoms with Crippen LogP contribution in [0.15, 0.2) is 18.2 Å². The molecule has 1 aromatic rings. The van der Waals surface area contributed by atoms with Gasteiger partial charge in [-0.3, -0.25) is 0 Å². The van der Waals surface area contributed by atoms with Crippen molar-refractivity contribution in [2.45, 2.75) is 6.18 Å². The summed E-state index contributed by atoms with van der Waals surface area (Å²) >= 11 is 0. The van der Waals surface area contributed by atoms with Crippen LogP contribution < -0.4 is 15.8 Å². The SMILES string of the molecule is COCCOc1cc(NC(N)=O)cc(C(F)(F)F)c1. The van der Waals surface area contributed by atoms with Gasteiger partial charge in [-0.05, 0) is 12.1 Å². The summed E-state index contributed by atoms with van der Waals surface area (Å²) in [6.45, 7) is 0.322. The Balaban J connectivity index is 2.98. The molecule has 3 N–H and O–H groups in total. The first kappa shape index (κ1) is 15.1. The molecule has 0 aromatic heterocycles. The number of alkyl halides is 3. The summed E-state index contributed by atoms with van der Waals surface area (Å²) < 4.78 is 47.8. The largest absolute Gasteiger partial charge is 0.491 e. The van der Waals surface area contributed by atoms with Crippen LogP contribution in [0, 0.1) is 0 Å². The van der Waals surface area contributed by atoms with Gasteiger partial charge in [0.05, 0.1) is 12.2 Å². The number of anilines is 1. The molecule has 0 saturated carbocycles. The number of carbonyl (C=O) groups is 1. The van der Waals surface area contributed by atoms with Crippen molar-refractivity contribution in [2.75, 3.05) is 25.6 Å². The van der Waals surface area contributed by atoms with Crippen LogP contribution in [0.4, 0.5) is 23.7 Å². The van der Waals surface area contributed by atoms with E-state index in [1.54, 1.807) is 0 Å². The van der Waals surface area contributed by atoms with E-state index in [0.29, 0.717) is 0 Å². The summed E-state index contributed by atoms with van der Waals surface area (Å²) in [7, 11) is 1.44. The number of nitrogens with one attached hydrogen (secondary N) is 1. The fourth-order valence-corrected chi connectivity index (χ4v) is 1.30. The molecule has 0 spiro atoms. The Bertz CT molecular complexity index is 449. The predicted octanol–water partition coefficient (Wildman–Crippen LogP) is 2.22. The molecule has 0 atom stereocenters. The van der Waals surface area contributed by atoms with E-state index in [0.717, 1.165) is 12.1 Å². The van der Waals surface area contributed by atoms with Gasteiger partial charge in [0.2, 0.25) is 0 Å². The van der Waals surface area contributed by atoms with Gasteiger partial charge in [0.25, 0.3) is 0 Å². The maximum atomic E-state index is 12.6. The molecule has 2 amide bonds. The summed E-state index contributed by atoms with van der Waals surface area (Å²) in [4.78, 5) is 10.7. The smallest absolute Gasteiger partial charge is 0.416 e. The lowest BCUT2D eigenvalue weighted by molar-refractivity contribution is -0.137. The van der Waals surface area contributed by atoms with Crippen LogP contribution in [0.25, 0.3) is 0 Å². The zero-order chi connectivity index (χ0) is 14.5. The van der Waals surface area contributed by atoms with Gasteiger partial charge in [-0.2, -0.15) is 13.2 Å². The highest BCUT2D eigenvalue weighted by Crippen LogP contribution is 2.34. The second kappa shape index (κ2) is 6.28. The van der Waals surface area contributed by atoms with E-state index >= 15 is 0 Å². The molecule has 0 radical (unpaired) electrons. The molecule has 5 nitrogen and oxygen atoms in total. The molecule has 0 heterocycles. The predicted molar refractivity (Wildman–Crippen MR) is 62.0 cm³/mol. The molecule has 0 aliphatic heterocycles. The van der Waals surface area contributed by atoms with Crippen molar-refractivity contribution < 1.29 is 27.4 Å². The highest BCUT2D eigenvalue weighted by molar-refractivity contribution is 5.88. The second-order valence-corrected chi connectivity index (χ2v) is 3.57. The molecule has 0 saturated heterocycles. The average molecular weight is 278 g/mol. The lowest BCUT2D eigenvalue weighted by Gasteiger charge is -2.13. The average Bonchev–Trinajstić information content (AvgIpc) is 2.27. The van der Waals surface area contributed by atoms with Crippen LogP contribution in [0.5, 0.6) is 5.75 Å². The zero-order valence-electron chi connectivity index (χ0n) is 10.1. The molecule has 106 valence electrons. The number of carbonyl (C=O) groups excluding carboxylic acids is 1. The number of hydrogen-bond donors (Lipinski definition) is 2. The summed E-state index contributed by atoms with van der Waals surface area (Å²) in [5.74, 6) is -0.0318. The third kappa shape index (κ3) is 5.04. The van der Waals surface area contributed by atoms with Gasteiger partial charge in [0.1, 0.15) is 12.4 Å². The Morgan fingerprint density at radius 2 is 2.00 bits per heavy atom. The molecule has 8 heteroatoms. The number of urea groups is 1.